The molecule has 0 N–H and O–H groups in total. The van der Waals surface area contributed by atoms with Crippen molar-refractivity contribution in [2.75, 3.05) is 13.2 Å². The molecule has 4 nitrogen and oxygen atoms in total. The van der Waals surface area contributed by atoms with E-state index in [1.54, 1.807) is 0 Å². The fourth-order valence-corrected chi connectivity index (χ4v) is 4.35. The van der Waals surface area contributed by atoms with Crippen molar-refractivity contribution in [1.82, 2.24) is 10.2 Å². The van der Waals surface area contributed by atoms with Crippen LogP contribution in [0, 0.1) is 5.92 Å². The summed E-state index contributed by atoms with van der Waals surface area (Å²) in [5.41, 5.74) is 1.90. The van der Waals surface area contributed by atoms with E-state index in [2.05, 4.69) is 17.1 Å². The molecule has 1 fully saturated rings. The summed E-state index contributed by atoms with van der Waals surface area (Å²) in [6, 6.07) is 12.0. The average Bonchev–Trinajstić information content (AvgIpc) is 3.70. The second kappa shape index (κ2) is 16.5. The lowest BCUT2D eigenvalue weighted by Gasteiger charge is -2.08. The Morgan fingerprint density at radius 2 is 1.26 bits per heavy atom. The third kappa shape index (κ3) is 11.4. The van der Waals surface area contributed by atoms with Crippen LogP contribution in [0.4, 0.5) is 0 Å². The quantitative estimate of drug-likeness (QED) is 0.183. The summed E-state index contributed by atoms with van der Waals surface area (Å²) in [6.45, 7) is 3.76. The fourth-order valence-electron chi connectivity index (χ4n) is 4.35. The third-order valence-electron chi connectivity index (χ3n) is 6.76. The van der Waals surface area contributed by atoms with E-state index in [0.717, 1.165) is 49.0 Å². The molecule has 34 heavy (non-hydrogen) atoms. The van der Waals surface area contributed by atoms with Crippen molar-refractivity contribution >= 4 is 0 Å². The highest BCUT2D eigenvalue weighted by atomic mass is 16.5. The molecule has 0 aliphatic heterocycles. The zero-order valence-corrected chi connectivity index (χ0v) is 21.5. The maximum absolute atomic E-state index is 5.87. The minimum absolute atomic E-state index is 0.614. The van der Waals surface area contributed by atoms with Crippen molar-refractivity contribution in [1.29, 1.82) is 0 Å². The van der Waals surface area contributed by atoms with Gasteiger partial charge in [0.25, 0.3) is 0 Å². The number of ether oxygens (including phenoxy) is 2. The first kappa shape index (κ1) is 26.5. The van der Waals surface area contributed by atoms with Gasteiger partial charge < -0.3 is 9.47 Å². The number of nitrogens with zero attached hydrogens (tertiary/aromatic N) is 2. The van der Waals surface area contributed by atoms with Crippen LogP contribution in [0.5, 0.6) is 11.6 Å². The van der Waals surface area contributed by atoms with Crippen LogP contribution >= 0.6 is 0 Å². The molecule has 0 bridgehead atoms. The summed E-state index contributed by atoms with van der Waals surface area (Å²) in [6.07, 6.45) is 21.4. The van der Waals surface area contributed by atoms with Gasteiger partial charge in [0.15, 0.2) is 0 Å². The van der Waals surface area contributed by atoms with Gasteiger partial charge in [0, 0.05) is 11.6 Å². The molecule has 0 radical (unpaired) electrons. The molecular weight excluding hydrogens is 420 g/mol. The zero-order valence-electron chi connectivity index (χ0n) is 21.5. The molecular formula is C30H46N2O2. The summed E-state index contributed by atoms with van der Waals surface area (Å²) >= 11 is 0. The molecule has 0 saturated heterocycles. The lowest BCUT2D eigenvalue weighted by atomic mass is 10.1. The Bertz CT molecular complexity index is 756. The maximum atomic E-state index is 5.87. The standard InChI is InChI=1S/C30H46N2O2/c1-2-3-4-5-10-13-24-33-28-20-18-27(19-21-28)29-22-23-30(32-31-29)34-25-14-11-8-6-7-9-12-15-26-16-17-26/h18-23,26H,2-17,24-25H2,1H3. The topological polar surface area (TPSA) is 44.2 Å². The van der Waals surface area contributed by atoms with E-state index >= 15 is 0 Å². The van der Waals surface area contributed by atoms with Crippen LogP contribution < -0.4 is 9.47 Å². The van der Waals surface area contributed by atoms with Crippen LogP contribution in [0.25, 0.3) is 11.3 Å². The molecule has 2 aromatic rings. The molecule has 0 amide bonds. The van der Waals surface area contributed by atoms with Gasteiger partial charge in [-0.2, -0.15) is 0 Å². The Morgan fingerprint density at radius 3 is 1.88 bits per heavy atom. The second-order valence-electron chi connectivity index (χ2n) is 9.95. The predicted molar refractivity (Wildman–Crippen MR) is 141 cm³/mol. The second-order valence-corrected chi connectivity index (χ2v) is 9.95. The van der Waals surface area contributed by atoms with E-state index in [9.17, 15) is 0 Å². The number of hydrogen-bond acceptors (Lipinski definition) is 4. The Morgan fingerprint density at radius 1 is 0.647 bits per heavy atom. The average molecular weight is 467 g/mol. The monoisotopic (exact) mass is 466 g/mol. The van der Waals surface area contributed by atoms with Gasteiger partial charge in [0.2, 0.25) is 5.88 Å². The van der Waals surface area contributed by atoms with Gasteiger partial charge >= 0.3 is 0 Å². The van der Waals surface area contributed by atoms with Crippen LogP contribution in [0.15, 0.2) is 36.4 Å². The first-order valence-electron chi connectivity index (χ1n) is 14.0. The van der Waals surface area contributed by atoms with Crippen LogP contribution in [0.2, 0.25) is 0 Å². The molecule has 1 saturated carbocycles. The number of hydrogen-bond donors (Lipinski definition) is 0. The lowest BCUT2D eigenvalue weighted by Crippen LogP contribution is -2.00. The van der Waals surface area contributed by atoms with Crippen molar-refractivity contribution in [3.8, 4) is 22.9 Å². The number of aromatic nitrogens is 2. The Kier molecular flexibility index (Phi) is 12.9. The molecule has 1 aromatic heterocycles. The van der Waals surface area contributed by atoms with Gasteiger partial charge in [0.05, 0.1) is 18.9 Å². The van der Waals surface area contributed by atoms with E-state index in [1.165, 1.54) is 89.9 Å². The molecule has 1 aliphatic carbocycles. The van der Waals surface area contributed by atoms with Crippen molar-refractivity contribution in [3.05, 3.63) is 36.4 Å². The van der Waals surface area contributed by atoms with Crippen LogP contribution in [-0.4, -0.2) is 23.4 Å². The lowest BCUT2D eigenvalue weighted by molar-refractivity contribution is 0.290. The summed E-state index contributed by atoms with van der Waals surface area (Å²) in [5, 5.41) is 8.60. The van der Waals surface area contributed by atoms with E-state index in [-0.39, 0.29) is 0 Å². The van der Waals surface area contributed by atoms with Crippen molar-refractivity contribution < 1.29 is 9.47 Å². The molecule has 0 atom stereocenters. The zero-order chi connectivity index (χ0) is 23.7. The molecule has 0 unspecified atom stereocenters. The van der Waals surface area contributed by atoms with Gasteiger partial charge in [-0.3, -0.25) is 0 Å². The fraction of sp³-hybridized carbons (Fsp3) is 0.667. The van der Waals surface area contributed by atoms with E-state index in [4.69, 9.17) is 9.47 Å². The van der Waals surface area contributed by atoms with Crippen LogP contribution in [-0.2, 0) is 0 Å². The summed E-state index contributed by atoms with van der Waals surface area (Å²) in [7, 11) is 0. The van der Waals surface area contributed by atoms with Crippen LogP contribution in [0.3, 0.4) is 0 Å². The largest absolute Gasteiger partial charge is 0.494 e. The van der Waals surface area contributed by atoms with Gasteiger partial charge in [-0.05, 0) is 49.1 Å². The summed E-state index contributed by atoms with van der Waals surface area (Å²) in [4.78, 5) is 0. The van der Waals surface area contributed by atoms with Crippen molar-refractivity contribution in [2.45, 2.75) is 110 Å². The van der Waals surface area contributed by atoms with Gasteiger partial charge in [-0.1, -0.05) is 96.8 Å². The van der Waals surface area contributed by atoms with E-state index in [0.29, 0.717) is 5.88 Å². The SMILES string of the molecule is CCCCCCCCOc1ccc(-c2ccc(OCCCCCCCCCC3CC3)nn2)cc1. The highest BCUT2D eigenvalue weighted by molar-refractivity contribution is 5.59. The Balaban J connectivity index is 1.23. The first-order valence-corrected chi connectivity index (χ1v) is 14.0. The molecule has 1 aromatic carbocycles. The normalized spacial score (nSPS) is 13.2. The summed E-state index contributed by atoms with van der Waals surface area (Å²) < 4.78 is 11.7. The minimum atomic E-state index is 0.614. The van der Waals surface area contributed by atoms with Crippen molar-refractivity contribution in [3.63, 3.8) is 0 Å². The highest BCUT2D eigenvalue weighted by Crippen LogP contribution is 2.34. The van der Waals surface area contributed by atoms with Gasteiger partial charge in [-0.15, -0.1) is 10.2 Å². The molecule has 4 heteroatoms. The minimum Gasteiger partial charge on any atom is -0.494 e. The number of benzene rings is 1. The van der Waals surface area contributed by atoms with E-state index in [1.807, 2.05) is 36.4 Å². The van der Waals surface area contributed by atoms with Gasteiger partial charge in [-0.25, -0.2) is 0 Å². The molecule has 188 valence electrons. The predicted octanol–water partition coefficient (Wildman–Crippen LogP) is 8.79. The van der Waals surface area contributed by atoms with Crippen LogP contribution in [0.1, 0.15) is 110 Å². The molecule has 1 heterocycles. The first-order chi connectivity index (χ1) is 16.8. The van der Waals surface area contributed by atoms with Gasteiger partial charge in [0.1, 0.15) is 5.75 Å². The Hall–Kier alpha value is -2.10. The smallest absolute Gasteiger partial charge is 0.233 e. The molecule has 0 spiro atoms. The van der Waals surface area contributed by atoms with Crippen molar-refractivity contribution in [2.24, 2.45) is 5.92 Å². The molecule has 1 aliphatic rings. The number of rotatable bonds is 20. The number of unbranched alkanes of at least 4 members (excludes halogenated alkanes) is 11. The third-order valence-corrected chi connectivity index (χ3v) is 6.76. The van der Waals surface area contributed by atoms with E-state index < -0.39 is 0 Å². The highest BCUT2D eigenvalue weighted by Gasteiger charge is 2.19. The summed E-state index contributed by atoms with van der Waals surface area (Å²) in [5.74, 6) is 2.63. The maximum Gasteiger partial charge on any atom is 0.233 e. The Labute approximate surface area is 207 Å². The molecule has 3 rings (SSSR count).